The van der Waals surface area contributed by atoms with Crippen LogP contribution in [0.25, 0.3) is 21.7 Å². The van der Waals surface area contributed by atoms with Crippen molar-refractivity contribution in [1.29, 1.82) is 0 Å². The molecule has 0 saturated heterocycles. The Balaban J connectivity index is 2.13. The number of methoxy groups -OCH3 is 3. The first-order valence-corrected chi connectivity index (χ1v) is 9.20. The molecule has 0 amide bonds. The van der Waals surface area contributed by atoms with Gasteiger partial charge in [0.1, 0.15) is 12.5 Å². The molecule has 0 aliphatic rings. The maximum Gasteiger partial charge on any atom is 0.264 e. The van der Waals surface area contributed by atoms with Crippen molar-refractivity contribution in [2.24, 2.45) is 0 Å². The lowest BCUT2D eigenvalue weighted by Crippen LogP contribution is -2.22. The second-order valence-corrected chi connectivity index (χ2v) is 6.57. The second-order valence-electron chi connectivity index (χ2n) is 6.57. The predicted octanol–water partition coefficient (Wildman–Crippen LogP) is 4.52. The van der Waals surface area contributed by atoms with Gasteiger partial charge in [-0.15, -0.1) is 0 Å². The Morgan fingerprint density at radius 1 is 0.897 bits per heavy atom. The van der Waals surface area contributed by atoms with E-state index >= 15 is 0 Å². The number of ether oxygens (including phenoxy) is 3. The number of rotatable bonds is 6. The number of aromatic nitrogens is 1. The Hall–Kier alpha value is -3.51. The lowest BCUT2D eigenvalue weighted by atomic mass is 10.0. The highest BCUT2D eigenvalue weighted by Crippen LogP contribution is 2.42. The summed E-state index contributed by atoms with van der Waals surface area (Å²) in [5.41, 5.74) is 2.20. The highest BCUT2D eigenvalue weighted by molar-refractivity contribution is 6.13. The molecule has 6 heteroatoms. The monoisotopic (exact) mass is 390 g/mol. The lowest BCUT2D eigenvalue weighted by Gasteiger charge is -2.19. The second kappa shape index (κ2) is 7.85. The molecule has 1 aromatic heterocycles. The smallest absolute Gasteiger partial charge is 0.264 e. The van der Waals surface area contributed by atoms with Crippen LogP contribution in [0.5, 0.6) is 11.5 Å². The molecular formula is C23H22N2O4. The molecule has 0 atom stereocenters. The summed E-state index contributed by atoms with van der Waals surface area (Å²) in [6.07, 6.45) is 0. The summed E-state index contributed by atoms with van der Waals surface area (Å²) in [7, 11) is 4.73. The van der Waals surface area contributed by atoms with Gasteiger partial charge in [0.2, 0.25) is 0 Å². The number of hydrogen-bond acceptors (Lipinski definition) is 5. The average Bonchev–Trinajstić information content (AvgIpc) is 2.76. The standard InChI is InChI=1S/C23H22N2O4/c1-27-14-25-18-12-8-7-11-16(18)20-21(23(25)26)19(28-2)13-17(22(20)29-3)24-15-9-5-4-6-10-15/h4-13,24H,14H2,1-3H3. The summed E-state index contributed by atoms with van der Waals surface area (Å²) in [5, 5.41) is 5.42. The molecule has 0 fully saturated rings. The van der Waals surface area contributed by atoms with E-state index in [4.69, 9.17) is 14.2 Å². The first-order valence-electron chi connectivity index (χ1n) is 9.20. The van der Waals surface area contributed by atoms with E-state index in [9.17, 15) is 4.79 Å². The number of benzene rings is 3. The van der Waals surface area contributed by atoms with Gasteiger partial charge in [0.05, 0.1) is 30.8 Å². The third kappa shape index (κ3) is 3.17. The van der Waals surface area contributed by atoms with Gasteiger partial charge >= 0.3 is 0 Å². The number of anilines is 2. The zero-order valence-corrected chi connectivity index (χ0v) is 16.6. The Kier molecular flexibility index (Phi) is 5.10. The van der Waals surface area contributed by atoms with Crippen LogP contribution in [0, 0.1) is 0 Å². The predicted molar refractivity (Wildman–Crippen MR) is 116 cm³/mol. The van der Waals surface area contributed by atoms with Crippen LogP contribution in [0.4, 0.5) is 11.4 Å². The number of para-hydroxylation sites is 2. The normalized spacial score (nSPS) is 11.0. The number of nitrogens with zero attached hydrogens (tertiary/aromatic N) is 1. The van der Waals surface area contributed by atoms with Crippen molar-refractivity contribution >= 4 is 33.1 Å². The number of fused-ring (bicyclic) bond motifs is 3. The van der Waals surface area contributed by atoms with Gasteiger partial charge in [0.15, 0.2) is 5.75 Å². The van der Waals surface area contributed by atoms with E-state index in [0.29, 0.717) is 22.3 Å². The van der Waals surface area contributed by atoms with E-state index in [1.54, 1.807) is 32.0 Å². The fourth-order valence-corrected chi connectivity index (χ4v) is 3.67. The van der Waals surface area contributed by atoms with Crippen LogP contribution in [-0.2, 0) is 11.5 Å². The zero-order valence-electron chi connectivity index (χ0n) is 16.6. The summed E-state index contributed by atoms with van der Waals surface area (Å²) in [4.78, 5) is 13.4. The molecule has 3 aromatic carbocycles. The van der Waals surface area contributed by atoms with Crippen LogP contribution in [0.1, 0.15) is 0 Å². The Labute approximate surface area is 168 Å². The molecule has 29 heavy (non-hydrogen) atoms. The van der Waals surface area contributed by atoms with Crippen molar-refractivity contribution in [3.63, 3.8) is 0 Å². The van der Waals surface area contributed by atoms with Crippen LogP contribution in [0.15, 0.2) is 65.5 Å². The Bertz CT molecular complexity index is 1230. The van der Waals surface area contributed by atoms with E-state index in [1.807, 2.05) is 54.6 Å². The van der Waals surface area contributed by atoms with Crippen LogP contribution in [0.2, 0.25) is 0 Å². The molecule has 0 radical (unpaired) electrons. The first kappa shape index (κ1) is 18.8. The number of hydrogen-bond donors (Lipinski definition) is 1. The molecule has 0 bridgehead atoms. The molecule has 0 spiro atoms. The average molecular weight is 390 g/mol. The van der Waals surface area contributed by atoms with Gasteiger partial charge in [-0.2, -0.15) is 0 Å². The van der Waals surface area contributed by atoms with E-state index in [2.05, 4.69) is 5.32 Å². The van der Waals surface area contributed by atoms with E-state index < -0.39 is 0 Å². The maximum absolute atomic E-state index is 13.4. The minimum absolute atomic E-state index is 0.144. The first-order chi connectivity index (χ1) is 14.2. The molecule has 0 aliphatic heterocycles. The summed E-state index contributed by atoms with van der Waals surface area (Å²) in [5.74, 6) is 1.06. The molecule has 4 aromatic rings. The van der Waals surface area contributed by atoms with Gasteiger partial charge in [-0.05, 0) is 18.2 Å². The van der Waals surface area contributed by atoms with Gasteiger partial charge in [0, 0.05) is 29.6 Å². The van der Waals surface area contributed by atoms with E-state index in [-0.39, 0.29) is 12.3 Å². The SMILES string of the molecule is COCn1c(=O)c2c(OC)cc(Nc3ccccc3)c(OC)c2c2ccccc21. The van der Waals surface area contributed by atoms with Crippen molar-refractivity contribution in [1.82, 2.24) is 4.57 Å². The third-order valence-electron chi connectivity index (χ3n) is 4.90. The molecule has 6 nitrogen and oxygen atoms in total. The van der Waals surface area contributed by atoms with Crippen LogP contribution in [0.3, 0.4) is 0 Å². The molecule has 1 heterocycles. The number of nitrogens with one attached hydrogen (secondary N) is 1. The maximum atomic E-state index is 13.4. The Morgan fingerprint density at radius 2 is 1.62 bits per heavy atom. The minimum atomic E-state index is -0.193. The van der Waals surface area contributed by atoms with Crippen LogP contribution < -0.4 is 20.3 Å². The van der Waals surface area contributed by atoms with Gasteiger partial charge in [0.25, 0.3) is 5.56 Å². The highest BCUT2D eigenvalue weighted by atomic mass is 16.5. The molecule has 1 N–H and O–H groups in total. The van der Waals surface area contributed by atoms with E-state index in [0.717, 1.165) is 22.3 Å². The van der Waals surface area contributed by atoms with Gasteiger partial charge < -0.3 is 19.5 Å². The van der Waals surface area contributed by atoms with Gasteiger partial charge in [-0.25, -0.2) is 0 Å². The highest BCUT2D eigenvalue weighted by Gasteiger charge is 2.21. The van der Waals surface area contributed by atoms with Gasteiger partial charge in [-0.3, -0.25) is 9.36 Å². The summed E-state index contributed by atoms with van der Waals surface area (Å²) in [6, 6.07) is 19.3. The summed E-state index contributed by atoms with van der Waals surface area (Å²) < 4.78 is 18.3. The van der Waals surface area contributed by atoms with Gasteiger partial charge in [-0.1, -0.05) is 36.4 Å². The summed E-state index contributed by atoms with van der Waals surface area (Å²) >= 11 is 0. The molecule has 4 rings (SSSR count). The fraction of sp³-hybridized carbons (Fsp3) is 0.174. The fourth-order valence-electron chi connectivity index (χ4n) is 3.67. The van der Waals surface area contributed by atoms with Crippen molar-refractivity contribution in [2.75, 3.05) is 26.6 Å². The van der Waals surface area contributed by atoms with Crippen molar-refractivity contribution < 1.29 is 14.2 Å². The van der Waals surface area contributed by atoms with Crippen molar-refractivity contribution in [2.45, 2.75) is 6.73 Å². The molecule has 0 unspecified atom stereocenters. The summed E-state index contributed by atoms with van der Waals surface area (Å²) in [6.45, 7) is 0.144. The molecular weight excluding hydrogens is 368 g/mol. The quantitative estimate of drug-likeness (QED) is 0.491. The molecule has 0 saturated carbocycles. The topological polar surface area (TPSA) is 61.7 Å². The van der Waals surface area contributed by atoms with E-state index in [1.165, 1.54) is 0 Å². The number of pyridine rings is 1. The van der Waals surface area contributed by atoms with Crippen LogP contribution >= 0.6 is 0 Å². The van der Waals surface area contributed by atoms with Crippen LogP contribution in [-0.4, -0.2) is 25.9 Å². The minimum Gasteiger partial charge on any atom is -0.496 e. The third-order valence-corrected chi connectivity index (χ3v) is 4.90. The molecule has 148 valence electrons. The molecule has 0 aliphatic carbocycles. The van der Waals surface area contributed by atoms with Crippen molar-refractivity contribution in [3.05, 3.63) is 71.0 Å². The van der Waals surface area contributed by atoms with Crippen molar-refractivity contribution in [3.8, 4) is 11.5 Å². The zero-order chi connectivity index (χ0) is 20.4. The largest absolute Gasteiger partial charge is 0.496 e. The Morgan fingerprint density at radius 3 is 2.31 bits per heavy atom. The lowest BCUT2D eigenvalue weighted by molar-refractivity contribution is 0.132.